The fourth-order valence-corrected chi connectivity index (χ4v) is 2.78. The van der Waals surface area contributed by atoms with Crippen molar-refractivity contribution in [2.24, 2.45) is 4.99 Å². The maximum Gasteiger partial charge on any atom is 0.191 e. The SMILES string of the molecule is CN=C(NCc1ccc(F)c(COC)c1)NCC1COc2ccccc2O1. The van der Waals surface area contributed by atoms with E-state index in [-0.39, 0.29) is 18.5 Å². The van der Waals surface area contributed by atoms with Crippen molar-refractivity contribution in [1.29, 1.82) is 0 Å². The van der Waals surface area contributed by atoms with Crippen molar-refractivity contribution in [3.8, 4) is 11.5 Å². The van der Waals surface area contributed by atoms with Crippen LogP contribution in [0, 0.1) is 5.82 Å². The van der Waals surface area contributed by atoms with Crippen LogP contribution in [0.15, 0.2) is 47.5 Å². The second-order valence-corrected chi connectivity index (χ2v) is 6.16. The van der Waals surface area contributed by atoms with Crippen LogP contribution in [0.3, 0.4) is 0 Å². The van der Waals surface area contributed by atoms with Crippen LogP contribution in [0.2, 0.25) is 0 Å². The van der Waals surface area contributed by atoms with Gasteiger partial charge in [-0.25, -0.2) is 4.39 Å². The molecule has 7 heteroatoms. The maximum absolute atomic E-state index is 13.7. The van der Waals surface area contributed by atoms with Gasteiger partial charge < -0.3 is 24.8 Å². The van der Waals surface area contributed by atoms with E-state index in [0.717, 1.165) is 17.1 Å². The first-order chi connectivity index (χ1) is 13.2. The molecule has 0 amide bonds. The molecule has 0 saturated carbocycles. The van der Waals surface area contributed by atoms with Crippen molar-refractivity contribution >= 4 is 5.96 Å². The molecule has 3 rings (SSSR count). The Hall–Kier alpha value is -2.80. The van der Waals surface area contributed by atoms with Gasteiger partial charge >= 0.3 is 0 Å². The molecule has 1 aliphatic rings. The van der Waals surface area contributed by atoms with Crippen LogP contribution >= 0.6 is 0 Å². The van der Waals surface area contributed by atoms with Gasteiger partial charge in [0.15, 0.2) is 17.5 Å². The number of rotatable bonds is 6. The number of halogens is 1. The number of nitrogens with one attached hydrogen (secondary N) is 2. The molecule has 0 spiro atoms. The van der Waals surface area contributed by atoms with Gasteiger partial charge in [0.2, 0.25) is 0 Å². The van der Waals surface area contributed by atoms with Crippen molar-refractivity contribution < 1.29 is 18.6 Å². The molecule has 27 heavy (non-hydrogen) atoms. The molecule has 0 saturated heterocycles. The van der Waals surface area contributed by atoms with E-state index in [0.29, 0.717) is 31.2 Å². The molecule has 1 unspecified atom stereocenters. The maximum atomic E-state index is 13.7. The molecule has 1 atom stereocenters. The summed E-state index contributed by atoms with van der Waals surface area (Å²) in [5.41, 5.74) is 1.48. The highest BCUT2D eigenvalue weighted by Crippen LogP contribution is 2.30. The number of para-hydroxylation sites is 2. The standard InChI is InChI=1S/C20H24FN3O3/c1-22-20(23-10-14-7-8-17(21)15(9-14)12-25-2)24-11-16-13-26-18-5-3-4-6-19(18)27-16/h3-9,16H,10-13H2,1-2H3,(H2,22,23,24). The molecule has 0 aliphatic carbocycles. The molecule has 2 aromatic rings. The summed E-state index contributed by atoms with van der Waals surface area (Å²) in [5.74, 6) is 1.88. The van der Waals surface area contributed by atoms with Crippen LogP contribution < -0.4 is 20.1 Å². The van der Waals surface area contributed by atoms with Gasteiger partial charge in [0.05, 0.1) is 13.2 Å². The highest BCUT2D eigenvalue weighted by Gasteiger charge is 2.20. The number of benzene rings is 2. The Balaban J connectivity index is 1.50. The molecule has 1 aliphatic heterocycles. The average molecular weight is 373 g/mol. The second-order valence-electron chi connectivity index (χ2n) is 6.16. The molecule has 0 bridgehead atoms. The Labute approximate surface area is 158 Å². The summed E-state index contributed by atoms with van der Waals surface area (Å²) < 4.78 is 30.3. The normalized spacial score (nSPS) is 16.1. The zero-order valence-electron chi connectivity index (χ0n) is 15.5. The minimum atomic E-state index is -0.266. The molecular weight excluding hydrogens is 349 g/mol. The van der Waals surface area contributed by atoms with Gasteiger partial charge in [0.25, 0.3) is 0 Å². The number of ether oxygens (including phenoxy) is 3. The van der Waals surface area contributed by atoms with E-state index < -0.39 is 0 Å². The van der Waals surface area contributed by atoms with E-state index in [1.54, 1.807) is 26.3 Å². The number of nitrogens with zero attached hydrogens (tertiary/aromatic N) is 1. The van der Waals surface area contributed by atoms with Crippen molar-refractivity contribution in [1.82, 2.24) is 10.6 Å². The fourth-order valence-electron chi connectivity index (χ4n) is 2.78. The van der Waals surface area contributed by atoms with E-state index >= 15 is 0 Å². The van der Waals surface area contributed by atoms with Gasteiger partial charge in [-0.1, -0.05) is 18.2 Å². The van der Waals surface area contributed by atoms with Crippen LogP contribution in [0.25, 0.3) is 0 Å². The number of guanidine groups is 1. The summed E-state index contributed by atoms with van der Waals surface area (Å²) in [6, 6.07) is 12.6. The molecule has 0 fully saturated rings. The van der Waals surface area contributed by atoms with Crippen LogP contribution in [0.1, 0.15) is 11.1 Å². The summed E-state index contributed by atoms with van der Waals surface area (Å²) in [4.78, 5) is 4.21. The average Bonchev–Trinajstić information content (AvgIpc) is 2.70. The third-order valence-corrected chi connectivity index (χ3v) is 4.16. The molecule has 0 aromatic heterocycles. The van der Waals surface area contributed by atoms with Crippen molar-refractivity contribution in [3.05, 3.63) is 59.4 Å². The Morgan fingerprint density at radius 2 is 2.04 bits per heavy atom. The topological polar surface area (TPSA) is 64.1 Å². The van der Waals surface area contributed by atoms with Gasteiger partial charge in [0, 0.05) is 26.3 Å². The lowest BCUT2D eigenvalue weighted by atomic mass is 10.1. The van der Waals surface area contributed by atoms with Crippen LogP contribution in [-0.2, 0) is 17.9 Å². The Morgan fingerprint density at radius 1 is 1.22 bits per heavy atom. The van der Waals surface area contributed by atoms with Crippen LogP contribution in [-0.4, -0.2) is 39.4 Å². The lowest BCUT2D eigenvalue weighted by Crippen LogP contribution is -2.45. The minimum absolute atomic E-state index is 0.113. The van der Waals surface area contributed by atoms with Gasteiger partial charge in [-0.2, -0.15) is 0 Å². The molecular formula is C20H24FN3O3. The summed E-state index contributed by atoms with van der Waals surface area (Å²) >= 11 is 0. The predicted octanol–water partition coefficient (Wildman–Crippen LogP) is 2.48. The number of methoxy groups -OCH3 is 1. The van der Waals surface area contributed by atoms with Gasteiger partial charge in [-0.05, 0) is 29.8 Å². The quantitative estimate of drug-likeness (QED) is 0.602. The largest absolute Gasteiger partial charge is 0.486 e. The highest BCUT2D eigenvalue weighted by atomic mass is 19.1. The lowest BCUT2D eigenvalue weighted by Gasteiger charge is -2.27. The summed E-state index contributed by atoms with van der Waals surface area (Å²) in [6.07, 6.45) is -0.113. The Kier molecular flexibility index (Phi) is 6.49. The molecule has 144 valence electrons. The van der Waals surface area contributed by atoms with E-state index in [2.05, 4.69) is 15.6 Å². The predicted molar refractivity (Wildman–Crippen MR) is 102 cm³/mol. The third kappa shape index (κ3) is 5.10. The zero-order chi connectivity index (χ0) is 19.1. The van der Waals surface area contributed by atoms with Gasteiger partial charge in [0.1, 0.15) is 18.5 Å². The highest BCUT2D eigenvalue weighted by molar-refractivity contribution is 5.79. The summed E-state index contributed by atoms with van der Waals surface area (Å²) in [7, 11) is 3.25. The van der Waals surface area contributed by atoms with E-state index in [9.17, 15) is 4.39 Å². The minimum Gasteiger partial charge on any atom is -0.486 e. The number of aliphatic imine (C=N–C) groups is 1. The molecule has 2 aromatic carbocycles. The summed E-state index contributed by atoms with van der Waals surface area (Å²) in [5, 5.41) is 6.44. The van der Waals surface area contributed by atoms with Crippen molar-refractivity contribution in [2.75, 3.05) is 27.3 Å². The van der Waals surface area contributed by atoms with Crippen molar-refractivity contribution in [3.63, 3.8) is 0 Å². The van der Waals surface area contributed by atoms with Gasteiger partial charge in [-0.15, -0.1) is 0 Å². The first-order valence-corrected chi connectivity index (χ1v) is 8.79. The number of hydrogen-bond acceptors (Lipinski definition) is 4. The molecule has 6 nitrogen and oxygen atoms in total. The third-order valence-electron chi connectivity index (χ3n) is 4.16. The first-order valence-electron chi connectivity index (χ1n) is 8.79. The van der Waals surface area contributed by atoms with E-state index in [1.165, 1.54) is 6.07 Å². The number of fused-ring (bicyclic) bond motifs is 1. The fraction of sp³-hybridized carbons (Fsp3) is 0.350. The zero-order valence-corrected chi connectivity index (χ0v) is 15.5. The molecule has 0 radical (unpaired) electrons. The Bertz CT molecular complexity index is 798. The van der Waals surface area contributed by atoms with Crippen molar-refractivity contribution in [2.45, 2.75) is 19.3 Å². The van der Waals surface area contributed by atoms with Crippen LogP contribution in [0.5, 0.6) is 11.5 Å². The number of hydrogen-bond donors (Lipinski definition) is 2. The second kappa shape index (κ2) is 9.23. The Morgan fingerprint density at radius 3 is 2.81 bits per heavy atom. The van der Waals surface area contributed by atoms with Gasteiger partial charge in [-0.3, -0.25) is 4.99 Å². The first kappa shape index (κ1) is 19.0. The van der Waals surface area contributed by atoms with E-state index in [1.807, 2.05) is 24.3 Å². The lowest BCUT2D eigenvalue weighted by molar-refractivity contribution is 0.0936. The van der Waals surface area contributed by atoms with Crippen LogP contribution in [0.4, 0.5) is 4.39 Å². The smallest absolute Gasteiger partial charge is 0.191 e. The molecule has 2 N–H and O–H groups in total. The molecule has 1 heterocycles. The monoisotopic (exact) mass is 373 g/mol. The van der Waals surface area contributed by atoms with E-state index in [4.69, 9.17) is 14.2 Å². The summed E-state index contributed by atoms with van der Waals surface area (Å²) in [6.45, 7) is 1.78.